The van der Waals surface area contributed by atoms with Crippen LogP contribution < -0.4 is 14.8 Å². The Morgan fingerprint density at radius 2 is 1.52 bits per heavy atom. The number of fused-ring (bicyclic) bond motifs is 8. The van der Waals surface area contributed by atoms with Crippen LogP contribution in [0, 0.1) is 6.92 Å². The molecule has 6 aromatic carbocycles. The van der Waals surface area contributed by atoms with E-state index in [0.29, 0.717) is 12.2 Å². The number of hydrogen-bond donors (Lipinski definition) is 1. The van der Waals surface area contributed by atoms with E-state index >= 15 is 0 Å². The first-order chi connectivity index (χ1) is 24.3. The summed E-state index contributed by atoms with van der Waals surface area (Å²) in [5.41, 5.74) is 9.56. The Morgan fingerprint density at radius 3 is 2.26 bits per heavy atom. The molecule has 1 N–H and O–H groups in total. The van der Waals surface area contributed by atoms with Crippen molar-refractivity contribution in [3.63, 3.8) is 0 Å². The van der Waals surface area contributed by atoms with Gasteiger partial charge in [0.15, 0.2) is 5.60 Å². The molecule has 0 spiro atoms. The smallest absolute Gasteiger partial charge is 0.255 e. The van der Waals surface area contributed by atoms with Crippen molar-refractivity contribution in [2.75, 3.05) is 11.9 Å². The second kappa shape index (κ2) is 12.4. The molecular weight excluding hydrogens is 615 g/mol. The van der Waals surface area contributed by atoms with Gasteiger partial charge in [0.25, 0.3) is 5.91 Å². The van der Waals surface area contributed by atoms with E-state index in [1.807, 2.05) is 54.6 Å². The van der Waals surface area contributed by atoms with Crippen molar-refractivity contribution in [3.8, 4) is 22.6 Å². The average molecular weight is 656 g/mol. The monoisotopic (exact) mass is 655 g/mol. The molecule has 1 amide bonds. The first-order valence-corrected chi connectivity index (χ1v) is 17.6. The molecule has 2 aliphatic rings. The minimum atomic E-state index is -0.871. The fraction of sp³-hybridized carbons (Fsp3) is 0.196. The molecule has 0 fully saturated rings. The van der Waals surface area contributed by atoms with Crippen LogP contribution >= 0.6 is 0 Å². The number of ether oxygens (including phenoxy) is 2. The molecule has 1 atom stereocenters. The van der Waals surface area contributed by atoms with Gasteiger partial charge in [0.2, 0.25) is 0 Å². The zero-order valence-electron chi connectivity index (χ0n) is 29.0. The topological polar surface area (TPSA) is 47.6 Å². The van der Waals surface area contributed by atoms with E-state index in [9.17, 15) is 4.79 Å². The van der Waals surface area contributed by atoms with Crippen LogP contribution in [0.5, 0.6) is 11.5 Å². The molecule has 0 saturated heterocycles. The van der Waals surface area contributed by atoms with Crippen molar-refractivity contribution < 1.29 is 14.3 Å². The van der Waals surface area contributed by atoms with Crippen molar-refractivity contribution >= 4 is 28.4 Å². The van der Waals surface area contributed by atoms with Crippen LogP contribution in [-0.2, 0) is 11.0 Å². The summed E-state index contributed by atoms with van der Waals surface area (Å²) in [5.74, 6) is 1.56. The third-order valence-corrected chi connectivity index (χ3v) is 10.3. The van der Waals surface area contributed by atoms with Crippen molar-refractivity contribution in [2.45, 2.75) is 51.6 Å². The highest BCUT2D eigenvalue weighted by molar-refractivity contribution is 6.11. The summed E-state index contributed by atoms with van der Waals surface area (Å²) in [7, 11) is 0. The molecule has 6 aromatic rings. The Balaban J connectivity index is 1.33. The van der Waals surface area contributed by atoms with Gasteiger partial charge in [0.05, 0.1) is 6.61 Å². The van der Waals surface area contributed by atoms with Crippen LogP contribution in [0.25, 0.3) is 28.0 Å². The van der Waals surface area contributed by atoms with Crippen molar-refractivity contribution in [3.05, 3.63) is 166 Å². The quantitative estimate of drug-likeness (QED) is 0.166. The number of unbranched alkanes of at least 4 members (excludes halogenated alkanes) is 1. The lowest BCUT2D eigenvalue weighted by Gasteiger charge is -2.38. The lowest BCUT2D eigenvalue weighted by Crippen LogP contribution is -2.35. The molecule has 4 heteroatoms. The maximum atomic E-state index is 13.3. The van der Waals surface area contributed by atoms with Gasteiger partial charge in [0, 0.05) is 38.7 Å². The van der Waals surface area contributed by atoms with E-state index in [-0.39, 0.29) is 11.3 Å². The highest BCUT2D eigenvalue weighted by Crippen LogP contribution is 2.58. The molecule has 0 saturated carbocycles. The maximum Gasteiger partial charge on any atom is 0.255 e. The Morgan fingerprint density at radius 1 is 0.800 bits per heavy atom. The van der Waals surface area contributed by atoms with Crippen LogP contribution in [0.1, 0.15) is 77.4 Å². The molecule has 1 aliphatic heterocycles. The summed E-state index contributed by atoms with van der Waals surface area (Å²) in [6, 6.07) is 41.1. The normalized spacial score (nSPS) is 16.6. The van der Waals surface area contributed by atoms with Gasteiger partial charge in [-0.1, -0.05) is 118 Å². The van der Waals surface area contributed by atoms with Gasteiger partial charge >= 0.3 is 0 Å². The lowest BCUT2D eigenvalue weighted by atomic mass is 9.76. The standard InChI is InChI=1S/C46H41NO3/c1-5-6-27-49-35-21-18-33(19-22-35)46(32-15-11-8-12-16-32)26-25-38-42-41(37-23-17-30(2)28-40(37)45(42,3)4)39-29-34(20-24-36(39)43(38)50-46)47-44(48)31-13-9-7-10-14-31/h7-26,28-29H,5-6,27H2,1-4H3,(H,47,48). The van der Waals surface area contributed by atoms with E-state index in [4.69, 9.17) is 9.47 Å². The zero-order valence-corrected chi connectivity index (χ0v) is 29.0. The van der Waals surface area contributed by atoms with Gasteiger partial charge in [0.1, 0.15) is 11.5 Å². The Labute approximate surface area is 294 Å². The van der Waals surface area contributed by atoms with E-state index in [2.05, 4.69) is 112 Å². The molecule has 0 radical (unpaired) electrons. The number of carbonyl (C=O) groups is 1. The number of nitrogens with one attached hydrogen (secondary N) is 1. The van der Waals surface area contributed by atoms with E-state index in [0.717, 1.165) is 57.5 Å². The van der Waals surface area contributed by atoms with Gasteiger partial charge in [-0.15, -0.1) is 0 Å². The summed E-state index contributed by atoms with van der Waals surface area (Å²) < 4.78 is 13.5. The first-order valence-electron chi connectivity index (χ1n) is 17.6. The molecule has 8 rings (SSSR count). The number of hydrogen-bond acceptors (Lipinski definition) is 3. The molecule has 248 valence electrons. The molecule has 4 nitrogen and oxygen atoms in total. The number of rotatable bonds is 8. The minimum Gasteiger partial charge on any atom is -0.494 e. The minimum absolute atomic E-state index is 0.139. The molecular formula is C46H41NO3. The summed E-state index contributed by atoms with van der Waals surface area (Å²) in [4.78, 5) is 13.3. The van der Waals surface area contributed by atoms with Gasteiger partial charge < -0.3 is 14.8 Å². The summed E-state index contributed by atoms with van der Waals surface area (Å²) in [6.07, 6.45) is 6.62. The third-order valence-electron chi connectivity index (χ3n) is 10.3. The fourth-order valence-electron chi connectivity index (χ4n) is 7.76. The van der Waals surface area contributed by atoms with E-state index in [1.54, 1.807) is 0 Å². The maximum absolute atomic E-state index is 13.3. The van der Waals surface area contributed by atoms with E-state index < -0.39 is 5.60 Å². The molecule has 1 aliphatic carbocycles. The Bertz CT molecular complexity index is 2270. The van der Waals surface area contributed by atoms with Crippen LogP contribution in [-0.4, -0.2) is 12.5 Å². The average Bonchev–Trinajstić information content (AvgIpc) is 3.38. The lowest BCUT2D eigenvalue weighted by molar-refractivity contribution is 0.102. The van der Waals surface area contributed by atoms with Crippen molar-refractivity contribution in [1.82, 2.24) is 0 Å². The highest BCUT2D eigenvalue weighted by atomic mass is 16.5. The molecule has 1 unspecified atom stereocenters. The van der Waals surface area contributed by atoms with Crippen LogP contribution in [0.3, 0.4) is 0 Å². The number of benzene rings is 6. The van der Waals surface area contributed by atoms with Crippen LogP contribution in [0.2, 0.25) is 0 Å². The number of carbonyl (C=O) groups excluding carboxylic acids is 1. The predicted molar refractivity (Wildman–Crippen MR) is 204 cm³/mol. The van der Waals surface area contributed by atoms with E-state index in [1.165, 1.54) is 27.8 Å². The molecule has 1 heterocycles. The summed E-state index contributed by atoms with van der Waals surface area (Å²) in [6.45, 7) is 9.65. The molecule has 50 heavy (non-hydrogen) atoms. The van der Waals surface area contributed by atoms with Gasteiger partial charge in [-0.25, -0.2) is 0 Å². The van der Waals surface area contributed by atoms with Crippen molar-refractivity contribution in [1.29, 1.82) is 0 Å². The summed E-state index contributed by atoms with van der Waals surface area (Å²) in [5, 5.41) is 5.22. The van der Waals surface area contributed by atoms with Gasteiger partial charge in [-0.05, 0) is 89.5 Å². The number of anilines is 1. The molecule has 0 bridgehead atoms. The zero-order chi connectivity index (χ0) is 34.5. The SMILES string of the molecule is CCCCOc1ccc(C2(c3ccccc3)C=Cc3c4c(c5cc(NC(=O)c6ccccc6)ccc5c3O2)-c2ccc(C)cc2C4(C)C)cc1. The van der Waals surface area contributed by atoms with Gasteiger partial charge in [-0.3, -0.25) is 4.79 Å². The third kappa shape index (κ3) is 5.18. The predicted octanol–water partition coefficient (Wildman–Crippen LogP) is 11.2. The number of amides is 1. The second-order valence-corrected chi connectivity index (χ2v) is 14.0. The second-order valence-electron chi connectivity index (χ2n) is 14.0. The van der Waals surface area contributed by atoms with Crippen molar-refractivity contribution in [2.24, 2.45) is 0 Å². The number of aryl methyl sites for hydroxylation is 1. The summed E-state index contributed by atoms with van der Waals surface area (Å²) >= 11 is 0. The highest BCUT2D eigenvalue weighted by Gasteiger charge is 2.44. The Hall–Kier alpha value is -5.61. The van der Waals surface area contributed by atoms with Crippen LogP contribution in [0.4, 0.5) is 5.69 Å². The first kappa shape index (κ1) is 31.6. The van der Waals surface area contributed by atoms with Gasteiger partial charge in [-0.2, -0.15) is 0 Å². The molecule has 0 aromatic heterocycles. The Kier molecular flexibility index (Phi) is 7.83. The largest absolute Gasteiger partial charge is 0.494 e. The fourth-order valence-corrected chi connectivity index (χ4v) is 7.76. The van der Waals surface area contributed by atoms with Crippen LogP contribution in [0.15, 0.2) is 127 Å².